The van der Waals surface area contributed by atoms with Crippen molar-refractivity contribution in [2.24, 2.45) is 0 Å². The van der Waals surface area contributed by atoms with E-state index in [1.807, 2.05) is 0 Å². The molecule has 0 aromatic carbocycles. The van der Waals surface area contributed by atoms with E-state index >= 15 is 0 Å². The van der Waals surface area contributed by atoms with Crippen LogP contribution in [-0.2, 0) is 4.74 Å². The Bertz CT molecular complexity index is 261. The van der Waals surface area contributed by atoms with Crippen LogP contribution in [-0.4, -0.2) is 12.1 Å². The molecular weight excluding hydrogens is 156 g/mol. The molecule has 0 spiro atoms. The molecule has 0 unspecified atom stereocenters. The van der Waals surface area contributed by atoms with Crippen molar-refractivity contribution in [3.8, 4) is 0 Å². The third-order valence-electron chi connectivity index (χ3n) is 1.35. The van der Waals surface area contributed by atoms with Gasteiger partial charge in [-0.15, -0.1) is 0 Å². The number of furan rings is 1. The fraction of sp³-hybridized carbons (Fsp3) is 0.222. The van der Waals surface area contributed by atoms with Crippen LogP contribution in [0.15, 0.2) is 35.5 Å². The van der Waals surface area contributed by atoms with Gasteiger partial charge in [0.15, 0.2) is 0 Å². The molecule has 3 heteroatoms. The lowest BCUT2D eigenvalue weighted by Gasteiger charge is -2.05. The fourth-order valence-electron chi connectivity index (χ4n) is 0.670. The molecule has 0 aliphatic carbocycles. The molecule has 1 rings (SSSR count). The third-order valence-corrected chi connectivity index (χ3v) is 1.35. The van der Waals surface area contributed by atoms with Gasteiger partial charge in [-0.1, -0.05) is 12.7 Å². The minimum atomic E-state index is -0.465. The van der Waals surface area contributed by atoms with E-state index in [1.165, 1.54) is 6.26 Å². The topological polar surface area (TPSA) is 39.4 Å². The molecule has 12 heavy (non-hydrogen) atoms. The molecule has 0 N–H and O–H groups in total. The molecule has 0 amide bonds. The Morgan fingerprint density at radius 1 is 1.83 bits per heavy atom. The van der Waals surface area contributed by atoms with Crippen LogP contribution in [0.3, 0.4) is 0 Å². The molecule has 3 nitrogen and oxygen atoms in total. The number of hydrogen-bond acceptors (Lipinski definition) is 3. The highest BCUT2D eigenvalue weighted by Crippen LogP contribution is 2.04. The summed E-state index contributed by atoms with van der Waals surface area (Å²) in [5.41, 5.74) is 0. The van der Waals surface area contributed by atoms with Crippen molar-refractivity contribution in [3.63, 3.8) is 0 Å². The average Bonchev–Trinajstić information content (AvgIpc) is 2.56. The molecule has 64 valence electrons. The van der Waals surface area contributed by atoms with Gasteiger partial charge in [-0.3, -0.25) is 0 Å². The largest absolute Gasteiger partial charge is 0.457 e. The molecule has 0 saturated carbocycles. The van der Waals surface area contributed by atoms with Gasteiger partial charge in [0.05, 0.1) is 6.26 Å². The van der Waals surface area contributed by atoms with Crippen LogP contribution in [0.25, 0.3) is 0 Å². The second-order valence-corrected chi connectivity index (χ2v) is 2.32. The molecule has 0 radical (unpaired) electrons. The lowest BCUT2D eigenvalue weighted by molar-refractivity contribution is 0.0388. The van der Waals surface area contributed by atoms with Gasteiger partial charge in [0.25, 0.3) is 0 Å². The smallest absolute Gasteiger partial charge is 0.374 e. The monoisotopic (exact) mass is 166 g/mol. The molecule has 1 atom stereocenters. The average molecular weight is 166 g/mol. The summed E-state index contributed by atoms with van der Waals surface area (Å²) >= 11 is 0. The van der Waals surface area contributed by atoms with Crippen LogP contribution < -0.4 is 0 Å². The standard InChI is InChI=1S/C9H10O3/c1-3-7(2)12-9(10)8-5-4-6-11-8/h3-7H,1H2,2H3/t7-/m1/s1. The van der Waals surface area contributed by atoms with Crippen molar-refractivity contribution < 1.29 is 13.9 Å². The minimum absolute atomic E-state index is 0.212. The van der Waals surface area contributed by atoms with Crippen molar-refractivity contribution in [2.75, 3.05) is 0 Å². The number of esters is 1. The van der Waals surface area contributed by atoms with Crippen molar-refractivity contribution in [3.05, 3.63) is 36.8 Å². The van der Waals surface area contributed by atoms with Crippen molar-refractivity contribution >= 4 is 5.97 Å². The van der Waals surface area contributed by atoms with Gasteiger partial charge < -0.3 is 9.15 Å². The number of carbonyl (C=O) groups is 1. The van der Waals surface area contributed by atoms with E-state index in [0.29, 0.717) is 0 Å². The van der Waals surface area contributed by atoms with E-state index in [0.717, 1.165) is 0 Å². The van der Waals surface area contributed by atoms with Crippen LogP contribution in [0.2, 0.25) is 0 Å². The zero-order valence-corrected chi connectivity index (χ0v) is 6.82. The van der Waals surface area contributed by atoms with Gasteiger partial charge in [0.1, 0.15) is 6.10 Å². The van der Waals surface area contributed by atoms with E-state index in [4.69, 9.17) is 9.15 Å². The normalized spacial score (nSPS) is 12.1. The summed E-state index contributed by atoms with van der Waals surface area (Å²) in [5, 5.41) is 0. The zero-order chi connectivity index (χ0) is 8.97. The predicted octanol–water partition coefficient (Wildman–Crippen LogP) is 2.01. The number of hydrogen-bond donors (Lipinski definition) is 0. The minimum Gasteiger partial charge on any atom is -0.457 e. The van der Waals surface area contributed by atoms with Gasteiger partial charge in [-0.05, 0) is 19.1 Å². The van der Waals surface area contributed by atoms with Crippen molar-refractivity contribution in [1.82, 2.24) is 0 Å². The first kappa shape index (κ1) is 8.59. The Labute approximate surface area is 70.6 Å². The number of ether oxygens (including phenoxy) is 1. The van der Waals surface area contributed by atoms with Gasteiger partial charge >= 0.3 is 5.97 Å². The quantitative estimate of drug-likeness (QED) is 0.509. The fourth-order valence-corrected chi connectivity index (χ4v) is 0.670. The number of carbonyl (C=O) groups excluding carboxylic acids is 1. The molecule has 0 saturated heterocycles. The Balaban J connectivity index is 2.55. The third kappa shape index (κ3) is 1.99. The van der Waals surface area contributed by atoms with Crippen LogP contribution >= 0.6 is 0 Å². The highest BCUT2D eigenvalue weighted by atomic mass is 16.6. The first-order chi connectivity index (χ1) is 5.74. The molecule has 0 aliphatic heterocycles. The Morgan fingerprint density at radius 2 is 2.58 bits per heavy atom. The SMILES string of the molecule is C=C[C@@H](C)OC(=O)c1ccco1. The van der Waals surface area contributed by atoms with Gasteiger partial charge in [0, 0.05) is 0 Å². The molecule has 1 heterocycles. The second kappa shape index (κ2) is 3.76. The summed E-state index contributed by atoms with van der Waals surface area (Å²) in [7, 11) is 0. The molecule has 0 bridgehead atoms. The maximum Gasteiger partial charge on any atom is 0.374 e. The van der Waals surface area contributed by atoms with E-state index in [2.05, 4.69) is 6.58 Å². The summed E-state index contributed by atoms with van der Waals surface area (Å²) in [6, 6.07) is 3.19. The van der Waals surface area contributed by atoms with Crippen molar-refractivity contribution in [1.29, 1.82) is 0 Å². The molecule has 1 aromatic heterocycles. The van der Waals surface area contributed by atoms with Crippen LogP contribution in [0.4, 0.5) is 0 Å². The number of rotatable bonds is 3. The summed E-state index contributed by atoms with van der Waals surface area (Å²) in [6.07, 6.45) is 2.68. The summed E-state index contributed by atoms with van der Waals surface area (Å²) in [4.78, 5) is 11.1. The highest BCUT2D eigenvalue weighted by molar-refractivity contribution is 5.86. The Kier molecular flexibility index (Phi) is 2.69. The first-order valence-corrected chi connectivity index (χ1v) is 3.61. The van der Waals surface area contributed by atoms with E-state index in [9.17, 15) is 4.79 Å². The first-order valence-electron chi connectivity index (χ1n) is 3.61. The van der Waals surface area contributed by atoms with E-state index in [1.54, 1.807) is 25.1 Å². The maximum absolute atomic E-state index is 11.1. The summed E-state index contributed by atoms with van der Waals surface area (Å²) < 4.78 is 9.72. The maximum atomic E-state index is 11.1. The Hall–Kier alpha value is -1.51. The predicted molar refractivity (Wildman–Crippen MR) is 43.8 cm³/mol. The zero-order valence-electron chi connectivity index (χ0n) is 6.82. The lowest BCUT2D eigenvalue weighted by Crippen LogP contribution is -2.11. The summed E-state index contributed by atoms with van der Waals surface area (Å²) in [5.74, 6) is -0.254. The van der Waals surface area contributed by atoms with Gasteiger partial charge in [-0.2, -0.15) is 0 Å². The van der Waals surface area contributed by atoms with Gasteiger partial charge in [0.2, 0.25) is 5.76 Å². The molecule has 0 fully saturated rings. The molecule has 0 aliphatic rings. The van der Waals surface area contributed by atoms with E-state index < -0.39 is 5.97 Å². The Morgan fingerprint density at radius 3 is 3.08 bits per heavy atom. The molecular formula is C9H10O3. The highest BCUT2D eigenvalue weighted by Gasteiger charge is 2.11. The molecule has 1 aromatic rings. The van der Waals surface area contributed by atoms with Crippen molar-refractivity contribution in [2.45, 2.75) is 13.0 Å². The van der Waals surface area contributed by atoms with Crippen LogP contribution in [0.1, 0.15) is 17.5 Å². The van der Waals surface area contributed by atoms with Crippen LogP contribution in [0, 0.1) is 0 Å². The summed E-state index contributed by atoms with van der Waals surface area (Å²) in [6.45, 7) is 5.22. The van der Waals surface area contributed by atoms with Gasteiger partial charge in [-0.25, -0.2) is 4.79 Å². The van der Waals surface area contributed by atoms with Crippen LogP contribution in [0.5, 0.6) is 0 Å². The van der Waals surface area contributed by atoms with E-state index in [-0.39, 0.29) is 11.9 Å². The second-order valence-electron chi connectivity index (χ2n) is 2.32. The lowest BCUT2D eigenvalue weighted by atomic mass is 10.4.